The molecule has 1 amide bonds. The van der Waals surface area contributed by atoms with E-state index in [9.17, 15) is 9.90 Å². The van der Waals surface area contributed by atoms with E-state index in [1.807, 2.05) is 13.1 Å². The third kappa shape index (κ3) is 2.73. The van der Waals surface area contributed by atoms with Gasteiger partial charge in [0.2, 0.25) is 0 Å². The quantitative estimate of drug-likeness (QED) is 0.919. The largest absolute Gasteiger partial charge is 0.388 e. The second-order valence-corrected chi connectivity index (χ2v) is 6.54. The van der Waals surface area contributed by atoms with Crippen molar-refractivity contribution in [2.45, 2.75) is 58.1 Å². The summed E-state index contributed by atoms with van der Waals surface area (Å²) in [5.41, 5.74) is 0.654. The molecule has 20 heavy (non-hydrogen) atoms. The lowest BCUT2D eigenvalue weighted by Crippen LogP contribution is -2.48. The first kappa shape index (κ1) is 15.0. The SMILES string of the molecule is CC(C)c1cc(C(=O)N2CCCC2C(C)(C)O)nn1C. The Morgan fingerprint density at radius 3 is 2.65 bits per heavy atom. The molecule has 1 aliphatic heterocycles. The molecule has 0 bridgehead atoms. The first-order valence-corrected chi connectivity index (χ1v) is 7.29. The zero-order valence-electron chi connectivity index (χ0n) is 13.1. The van der Waals surface area contributed by atoms with Gasteiger partial charge < -0.3 is 10.0 Å². The van der Waals surface area contributed by atoms with E-state index in [0.717, 1.165) is 18.5 Å². The average Bonchev–Trinajstić information content (AvgIpc) is 2.92. The number of aryl methyl sites for hydroxylation is 1. The molecule has 0 aromatic carbocycles. The smallest absolute Gasteiger partial charge is 0.274 e. The van der Waals surface area contributed by atoms with Gasteiger partial charge in [-0.2, -0.15) is 5.10 Å². The fourth-order valence-electron chi connectivity index (χ4n) is 3.02. The van der Waals surface area contributed by atoms with E-state index in [0.29, 0.717) is 18.2 Å². The molecular formula is C15H25N3O2. The van der Waals surface area contributed by atoms with E-state index < -0.39 is 5.60 Å². The Labute approximate surface area is 120 Å². The number of nitrogens with zero attached hydrogens (tertiary/aromatic N) is 3. The van der Waals surface area contributed by atoms with Crippen LogP contribution in [0.2, 0.25) is 0 Å². The van der Waals surface area contributed by atoms with E-state index in [2.05, 4.69) is 18.9 Å². The lowest BCUT2D eigenvalue weighted by Gasteiger charge is -2.33. The lowest BCUT2D eigenvalue weighted by molar-refractivity contribution is 0.0000954. The van der Waals surface area contributed by atoms with Crippen LogP contribution in [-0.4, -0.2) is 43.9 Å². The van der Waals surface area contributed by atoms with Gasteiger partial charge in [-0.05, 0) is 38.7 Å². The molecule has 1 aromatic rings. The van der Waals surface area contributed by atoms with Gasteiger partial charge in [-0.1, -0.05) is 13.8 Å². The number of amides is 1. The Morgan fingerprint density at radius 2 is 2.15 bits per heavy atom. The zero-order chi connectivity index (χ0) is 15.1. The molecule has 5 nitrogen and oxygen atoms in total. The van der Waals surface area contributed by atoms with Crippen LogP contribution in [0, 0.1) is 0 Å². The number of aromatic nitrogens is 2. The molecule has 5 heteroatoms. The zero-order valence-corrected chi connectivity index (χ0v) is 13.1. The van der Waals surface area contributed by atoms with Crippen molar-refractivity contribution >= 4 is 5.91 Å². The van der Waals surface area contributed by atoms with Crippen LogP contribution in [0.25, 0.3) is 0 Å². The third-order valence-electron chi connectivity index (χ3n) is 4.06. The van der Waals surface area contributed by atoms with Crippen molar-refractivity contribution in [2.75, 3.05) is 6.54 Å². The fourth-order valence-corrected chi connectivity index (χ4v) is 3.02. The van der Waals surface area contributed by atoms with Crippen molar-refractivity contribution in [3.8, 4) is 0 Å². The molecule has 2 heterocycles. The second-order valence-electron chi connectivity index (χ2n) is 6.54. The molecule has 1 fully saturated rings. The molecule has 0 spiro atoms. The summed E-state index contributed by atoms with van der Waals surface area (Å²) in [7, 11) is 1.86. The minimum atomic E-state index is -0.873. The van der Waals surface area contributed by atoms with Gasteiger partial charge in [-0.3, -0.25) is 9.48 Å². The van der Waals surface area contributed by atoms with E-state index >= 15 is 0 Å². The van der Waals surface area contributed by atoms with Gasteiger partial charge >= 0.3 is 0 Å². The van der Waals surface area contributed by atoms with Gasteiger partial charge in [0.05, 0.1) is 11.6 Å². The Morgan fingerprint density at radius 1 is 1.50 bits per heavy atom. The summed E-state index contributed by atoms with van der Waals surface area (Å²) in [5.74, 6) is 0.259. The highest BCUT2D eigenvalue weighted by atomic mass is 16.3. The number of likely N-dealkylation sites (tertiary alicyclic amines) is 1. The van der Waals surface area contributed by atoms with Gasteiger partial charge in [0, 0.05) is 19.3 Å². The van der Waals surface area contributed by atoms with Crippen molar-refractivity contribution in [3.05, 3.63) is 17.5 Å². The van der Waals surface area contributed by atoms with Crippen LogP contribution < -0.4 is 0 Å². The van der Waals surface area contributed by atoms with Crippen molar-refractivity contribution in [2.24, 2.45) is 7.05 Å². The normalized spacial score (nSPS) is 19.9. The first-order valence-electron chi connectivity index (χ1n) is 7.29. The predicted molar refractivity (Wildman–Crippen MR) is 77.7 cm³/mol. The van der Waals surface area contributed by atoms with Crippen LogP contribution in [0.15, 0.2) is 6.07 Å². The molecule has 0 saturated carbocycles. The molecule has 112 valence electrons. The van der Waals surface area contributed by atoms with Crippen molar-refractivity contribution < 1.29 is 9.90 Å². The Balaban J connectivity index is 2.25. The molecule has 2 rings (SSSR count). The van der Waals surface area contributed by atoms with Crippen LogP contribution in [0.5, 0.6) is 0 Å². The number of hydrogen-bond acceptors (Lipinski definition) is 3. The van der Waals surface area contributed by atoms with Gasteiger partial charge in [0.25, 0.3) is 5.91 Å². The summed E-state index contributed by atoms with van der Waals surface area (Å²) < 4.78 is 1.77. The van der Waals surface area contributed by atoms with Crippen molar-refractivity contribution in [1.29, 1.82) is 0 Å². The van der Waals surface area contributed by atoms with E-state index in [1.54, 1.807) is 23.4 Å². The average molecular weight is 279 g/mol. The highest BCUT2D eigenvalue weighted by molar-refractivity contribution is 5.93. The molecule has 1 saturated heterocycles. The van der Waals surface area contributed by atoms with E-state index in [4.69, 9.17) is 0 Å². The Bertz CT molecular complexity index is 500. The summed E-state index contributed by atoms with van der Waals surface area (Å²) in [5, 5.41) is 14.5. The summed E-state index contributed by atoms with van der Waals surface area (Å²) in [6.07, 6.45) is 1.78. The lowest BCUT2D eigenvalue weighted by atomic mass is 9.96. The minimum absolute atomic E-state index is 0.0721. The van der Waals surface area contributed by atoms with E-state index in [1.165, 1.54) is 0 Å². The summed E-state index contributed by atoms with van der Waals surface area (Å²) in [6.45, 7) is 8.39. The monoisotopic (exact) mass is 279 g/mol. The fraction of sp³-hybridized carbons (Fsp3) is 0.733. The molecule has 1 aliphatic rings. The molecule has 1 unspecified atom stereocenters. The number of hydrogen-bond donors (Lipinski definition) is 1. The summed E-state index contributed by atoms with van der Waals surface area (Å²) in [6, 6.07) is 1.74. The number of rotatable bonds is 3. The minimum Gasteiger partial charge on any atom is -0.388 e. The maximum Gasteiger partial charge on any atom is 0.274 e. The Hall–Kier alpha value is -1.36. The van der Waals surface area contributed by atoms with E-state index in [-0.39, 0.29) is 11.9 Å². The predicted octanol–water partition coefficient (Wildman–Crippen LogP) is 1.92. The van der Waals surface area contributed by atoms with Gasteiger partial charge in [-0.25, -0.2) is 0 Å². The maximum absolute atomic E-state index is 12.6. The first-order chi connectivity index (χ1) is 9.21. The summed E-state index contributed by atoms with van der Waals surface area (Å²) in [4.78, 5) is 14.4. The maximum atomic E-state index is 12.6. The van der Waals surface area contributed by atoms with Crippen LogP contribution in [-0.2, 0) is 7.05 Å². The highest BCUT2D eigenvalue weighted by Gasteiger charge is 2.39. The molecule has 1 atom stereocenters. The molecule has 0 radical (unpaired) electrons. The number of aliphatic hydroxyl groups is 1. The third-order valence-corrected chi connectivity index (χ3v) is 4.06. The van der Waals surface area contributed by atoms with Gasteiger partial charge in [0.15, 0.2) is 5.69 Å². The molecule has 0 aliphatic carbocycles. The number of carbonyl (C=O) groups excluding carboxylic acids is 1. The van der Waals surface area contributed by atoms with Crippen molar-refractivity contribution in [3.63, 3.8) is 0 Å². The van der Waals surface area contributed by atoms with Crippen LogP contribution in [0.3, 0.4) is 0 Å². The summed E-state index contributed by atoms with van der Waals surface area (Å²) >= 11 is 0. The second kappa shape index (κ2) is 5.20. The van der Waals surface area contributed by atoms with Gasteiger partial charge in [0.1, 0.15) is 0 Å². The van der Waals surface area contributed by atoms with Crippen LogP contribution in [0.1, 0.15) is 62.6 Å². The van der Waals surface area contributed by atoms with Crippen LogP contribution >= 0.6 is 0 Å². The number of carbonyl (C=O) groups is 1. The molecular weight excluding hydrogens is 254 g/mol. The standard InChI is InChI=1S/C15H25N3O2/c1-10(2)12-9-11(16-17(12)5)14(19)18-8-6-7-13(18)15(3,4)20/h9-10,13,20H,6-8H2,1-5H3. The molecule has 1 N–H and O–H groups in total. The van der Waals surface area contributed by atoms with Gasteiger partial charge in [-0.15, -0.1) is 0 Å². The highest BCUT2D eigenvalue weighted by Crippen LogP contribution is 2.28. The van der Waals surface area contributed by atoms with Crippen LogP contribution in [0.4, 0.5) is 0 Å². The topological polar surface area (TPSA) is 58.4 Å². The molecule has 1 aromatic heterocycles. The Kier molecular flexibility index (Phi) is 3.91. The van der Waals surface area contributed by atoms with Crippen molar-refractivity contribution in [1.82, 2.24) is 14.7 Å².